The fourth-order valence-corrected chi connectivity index (χ4v) is 4.86. The van der Waals surface area contributed by atoms with Crippen molar-refractivity contribution in [3.8, 4) is 0 Å². The van der Waals surface area contributed by atoms with Crippen LogP contribution in [0.3, 0.4) is 0 Å². The maximum atomic E-state index is 12.3. The lowest BCUT2D eigenvalue weighted by Crippen LogP contribution is -2.41. The van der Waals surface area contributed by atoms with Crippen LogP contribution in [0, 0.1) is 5.92 Å². The van der Waals surface area contributed by atoms with Gasteiger partial charge in [0.25, 0.3) is 15.9 Å². The standard InChI is InChI=1S/C18H20N2O4S2/c1-11-3-8-16-14(9-11)10-17(25-16)18(22)19-20-26(23,24)15-6-4-13(5-7-15)12(2)21/h4-7,10-11,20H,3,8-9H2,1-2H3,(H,19,22). The molecule has 1 aliphatic rings. The molecule has 3 rings (SSSR count). The molecule has 1 aromatic heterocycles. The van der Waals surface area contributed by atoms with E-state index in [9.17, 15) is 18.0 Å². The van der Waals surface area contributed by atoms with Crippen molar-refractivity contribution in [1.82, 2.24) is 10.3 Å². The Morgan fingerprint density at radius 2 is 1.88 bits per heavy atom. The molecule has 26 heavy (non-hydrogen) atoms. The molecule has 0 saturated carbocycles. The van der Waals surface area contributed by atoms with Gasteiger partial charge in [-0.1, -0.05) is 19.1 Å². The number of hydrazine groups is 1. The quantitative estimate of drug-likeness (QED) is 0.604. The summed E-state index contributed by atoms with van der Waals surface area (Å²) in [6.07, 6.45) is 3.02. The van der Waals surface area contributed by atoms with Crippen molar-refractivity contribution < 1.29 is 18.0 Å². The summed E-state index contributed by atoms with van der Waals surface area (Å²) in [5.41, 5.74) is 3.87. The second-order valence-corrected chi connectivity index (χ2v) is 9.37. The fraction of sp³-hybridized carbons (Fsp3) is 0.333. The average Bonchev–Trinajstić information content (AvgIpc) is 3.03. The minimum Gasteiger partial charge on any atom is -0.295 e. The minimum atomic E-state index is -3.91. The van der Waals surface area contributed by atoms with E-state index in [-0.39, 0.29) is 10.7 Å². The Labute approximate surface area is 156 Å². The predicted molar refractivity (Wildman–Crippen MR) is 99.7 cm³/mol. The van der Waals surface area contributed by atoms with Gasteiger partial charge < -0.3 is 0 Å². The minimum absolute atomic E-state index is 0.0258. The highest BCUT2D eigenvalue weighted by atomic mass is 32.2. The van der Waals surface area contributed by atoms with Crippen LogP contribution in [0.15, 0.2) is 35.2 Å². The molecule has 1 aliphatic carbocycles. The molecule has 0 spiro atoms. The highest BCUT2D eigenvalue weighted by molar-refractivity contribution is 7.89. The molecule has 2 N–H and O–H groups in total. The first-order valence-corrected chi connectivity index (χ1v) is 10.6. The van der Waals surface area contributed by atoms with Gasteiger partial charge >= 0.3 is 0 Å². The number of benzene rings is 1. The maximum absolute atomic E-state index is 12.3. The summed E-state index contributed by atoms with van der Waals surface area (Å²) < 4.78 is 24.6. The number of amides is 1. The van der Waals surface area contributed by atoms with Gasteiger partial charge in [0.2, 0.25) is 0 Å². The van der Waals surface area contributed by atoms with Crippen LogP contribution in [0.4, 0.5) is 0 Å². The van der Waals surface area contributed by atoms with Crippen molar-refractivity contribution in [3.63, 3.8) is 0 Å². The van der Waals surface area contributed by atoms with Gasteiger partial charge in [0, 0.05) is 10.4 Å². The molecule has 0 aliphatic heterocycles. The van der Waals surface area contributed by atoms with Crippen LogP contribution in [0.25, 0.3) is 0 Å². The van der Waals surface area contributed by atoms with E-state index >= 15 is 0 Å². The Bertz CT molecular complexity index is 946. The molecule has 1 heterocycles. The lowest BCUT2D eigenvalue weighted by atomic mass is 9.90. The molecule has 0 saturated heterocycles. The molecule has 8 heteroatoms. The summed E-state index contributed by atoms with van der Waals surface area (Å²) in [6.45, 7) is 3.59. The van der Waals surface area contributed by atoms with E-state index in [1.807, 2.05) is 6.07 Å². The molecular formula is C18H20N2O4S2. The number of thiophene rings is 1. The van der Waals surface area contributed by atoms with Crippen molar-refractivity contribution in [3.05, 3.63) is 51.2 Å². The maximum Gasteiger partial charge on any atom is 0.276 e. The number of fused-ring (bicyclic) bond motifs is 1. The first-order chi connectivity index (χ1) is 12.3. The lowest BCUT2D eigenvalue weighted by Gasteiger charge is -2.16. The van der Waals surface area contributed by atoms with E-state index in [2.05, 4.69) is 17.2 Å². The van der Waals surface area contributed by atoms with Crippen LogP contribution in [0.1, 0.15) is 50.7 Å². The van der Waals surface area contributed by atoms with Gasteiger partial charge in [0.15, 0.2) is 5.78 Å². The van der Waals surface area contributed by atoms with Crippen molar-refractivity contribution >= 4 is 33.1 Å². The molecule has 1 aromatic carbocycles. The predicted octanol–water partition coefficient (Wildman–Crippen LogP) is 2.70. The second-order valence-electron chi connectivity index (χ2n) is 6.55. The third-order valence-corrected chi connectivity index (χ3v) is 6.92. The molecule has 1 amide bonds. The number of hydrogen-bond donors (Lipinski definition) is 2. The van der Waals surface area contributed by atoms with E-state index in [1.54, 1.807) is 0 Å². The number of nitrogens with one attached hydrogen (secondary N) is 2. The number of carbonyl (C=O) groups excluding carboxylic acids is 2. The summed E-state index contributed by atoms with van der Waals surface area (Å²) in [6, 6.07) is 7.38. The number of ketones is 1. The van der Waals surface area contributed by atoms with Gasteiger partial charge in [0.05, 0.1) is 9.77 Å². The summed E-state index contributed by atoms with van der Waals surface area (Å²) >= 11 is 1.41. The van der Waals surface area contributed by atoms with Crippen LogP contribution in [-0.4, -0.2) is 20.1 Å². The smallest absolute Gasteiger partial charge is 0.276 e. The summed E-state index contributed by atoms with van der Waals surface area (Å²) in [4.78, 5) is 27.3. The first-order valence-electron chi connectivity index (χ1n) is 8.31. The Balaban J connectivity index is 1.67. The lowest BCUT2D eigenvalue weighted by molar-refractivity contribution is 0.0948. The number of rotatable bonds is 5. The summed E-state index contributed by atoms with van der Waals surface area (Å²) in [5.74, 6) is -0.0170. The van der Waals surface area contributed by atoms with E-state index < -0.39 is 15.9 Å². The molecule has 2 aromatic rings. The molecular weight excluding hydrogens is 372 g/mol. The molecule has 0 fully saturated rings. The molecule has 6 nitrogen and oxygen atoms in total. The topological polar surface area (TPSA) is 92.3 Å². The fourth-order valence-electron chi connectivity index (χ4n) is 2.92. The highest BCUT2D eigenvalue weighted by Gasteiger charge is 2.22. The number of Topliss-reactive ketones (excluding diaryl/α,β-unsaturated/α-hetero) is 1. The monoisotopic (exact) mass is 392 g/mol. The van der Waals surface area contributed by atoms with Gasteiger partial charge in [-0.3, -0.25) is 15.0 Å². The van der Waals surface area contributed by atoms with Gasteiger partial charge in [-0.2, -0.15) is 0 Å². The number of carbonyl (C=O) groups is 2. The van der Waals surface area contributed by atoms with E-state index in [0.29, 0.717) is 16.4 Å². The first kappa shape index (κ1) is 18.8. The van der Waals surface area contributed by atoms with Gasteiger partial charge in [-0.15, -0.1) is 16.2 Å². The molecule has 1 atom stereocenters. The molecule has 138 valence electrons. The van der Waals surface area contributed by atoms with Gasteiger partial charge in [-0.25, -0.2) is 8.42 Å². The Hall–Kier alpha value is -2.03. The van der Waals surface area contributed by atoms with Crippen molar-refractivity contribution in [2.24, 2.45) is 5.92 Å². The van der Waals surface area contributed by atoms with Crippen LogP contribution >= 0.6 is 11.3 Å². The molecule has 0 radical (unpaired) electrons. The van der Waals surface area contributed by atoms with Crippen LogP contribution in [0.5, 0.6) is 0 Å². The number of hydrogen-bond acceptors (Lipinski definition) is 5. The van der Waals surface area contributed by atoms with Gasteiger partial charge in [0.1, 0.15) is 0 Å². The van der Waals surface area contributed by atoms with Crippen molar-refractivity contribution in [1.29, 1.82) is 0 Å². The molecule has 1 unspecified atom stereocenters. The normalized spacial score (nSPS) is 16.8. The van der Waals surface area contributed by atoms with Gasteiger partial charge in [-0.05, 0) is 55.9 Å². The number of sulfonamides is 1. The third-order valence-electron chi connectivity index (χ3n) is 4.42. The van der Waals surface area contributed by atoms with Crippen LogP contribution in [-0.2, 0) is 22.9 Å². The summed E-state index contributed by atoms with van der Waals surface area (Å²) in [5, 5.41) is 0. The molecule has 0 bridgehead atoms. The highest BCUT2D eigenvalue weighted by Crippen LogP contribution is 2.32. The Morgan fingerprint density at radius 1 is 1.19 bits per heavy atom. The second kappa shape index (κ2) is 7.30. The van der Waals surface area contributed by atoms with Crippen molar-refractivity contribution in [2.75, 3.05) is 0 Å². The van der Waals surface area contributed by atoms with E-state index in [4.69, 9.17) is 0 Å². The SMILES string of the molecule is CC(=O)c1ccc(S(=O)(=O)NNC(=O)c2cc3c(s2)CCC(C)C3)cc1. The van der Waals surface area contributed by atoms with E-state index in [0.717, 1.165) is 19.3 Å². The summed E-state index contributed by atoms with van der Waals surface area (Å²) in [7, 11) is -3.91. The average molecular weight is 393 g/mol. The van der Waals surface area contributed by atoms with Crippen molar-refractivity contribution in [2.45, 2.75) is 38.0 Å². The Morgan fingerprint density at radius 3 is 2.54 bits per heavy atom. The van der Waals surface area contributed by atoms with Crippen LogP contribution < -0.4 is 10.3 Å². The largest absolute Gasteiger partial charge is 0.295 e. The van der Waals surface area contributed by atoms with Crippen LogP contribution in [0.2, 0.25) is 0 Å². The third kappa shape index (κ3) is 4.03. The number of aryl methyl sites for hydroxylation is 1. The zero-order valence-electron chi connectivity index (χ0n) is 14.5. The Kier molecular flexibility index (Phi) is 5.27. The van der Waals surface area contributed by atoms with E-state index in [1.165, 1.54) is 53.0 Å². The zero-order chi connectivity index (χ0) is 18.9. The zero-order valence-corrected chi connectivity index (χ0v) is 16.2.